The van der Waals surface area contributed by atoms with Crippen LogP contribution in [0.15, 0.2) is 24.3 Å². The summed E-state index contributed by atoms with van der Waals surface area (Å²) in [4.78, 5) is 37.7. The Kier molecular flexibility index (Phi) is 7.47. The molecule has 0 saturated carbocycles. The number of carbonyl (C=O) groups is 3. The molecule has 0 radical (unpaired) electrons. The van der Waals surface area contributed by atoms with Crippen molar-refractivity contribution in [1.29, 1.82) is 0 Å². The number of hydrogen-bond acceptors (Lipinski definition) is 6. The van der Waals surface area contributed by atoms with Gasteiger partial charge in [-0.3, -0.25) is 9.59 Å². The van der Waals surface area contributed by atoms with E-state index in [2.05, 4.69) is 5.73 Å². The number of imide groups is 1. The normalized spacial score (nSPS) is 18.1. The molecular weight excluding hydrogens is 356 g/mol. The Balaban J connectivity index is 1.96. The van der Waals surface area contributed by atoms with Crippen LogP contribution in [0.1, 0.15) is 26.7 Å². The molecule has 1 aromatic carbocycles. The minimum Gasteiger partial charge on any atom is -0.494 e. The Morgan fingerprint density at radius 3 is 2.62 bits per heavy atom. The largest absolute Gasteiger partial charge is 0.494 e. The van der Waals surface area contributed by atoms with Gasteiger partial charge in [-0.25, -0.2) is 9.69 Å². The van der Waals surface area contributed by atoms with Crippen molar-refractivity contribution in [2.45, 2.75) is 38.0 Å². The van der Waals surface area contributed by atoms with E-state index in [0.29, 0.717) is 30.4 Å². The van der Waals surface area contributed by atoms with E-state index in [1.165, 1.54) is 16.7 Å². The Labute approximate surface area is 157 Å². The highest BCUT2D eigenvalue weighted by molar-refractivity contribution is 8.00. The maximum absolute atomic E-state index is 12.6. The smallest absolute Gasteiger partial charge is 0.365 e. The molecule has 0 spiro atoms. The summed E-state index contributed by atoms with van der Waals surface area (Å²) in [5.41, 5.74) is 4.28. The Morgan fingerprint density at radius 1 is 1.31 bits per heavy atom. The molecule has 0 aromatic heterocycles. The average molecular weight is 381 g/mol. The lowest BCUT2D eigenvalue weighted by molar-refractivity contribution is -0.401. The second kappa shape index (κ2) is 9.59. The first-order valence-electron chi connectivity index (χ1n) is 8.68. The van der Waals surface area contributed by atoms with Gasteiger partial charge in [0.25, 0.3) is 0 Å². The molecule has 3 N–H and O–H groups in total. The molecule has 1 fully saturated rings. The first kappa shape index (κ1) is 20.3. The molecule has 1 aliphatic rings. The van der Waals surface area contributed by atoms with Gasteiger partial charge in [0.05, 0.1) is 29.9 Å². The van der Waals surface area contributed by atoms with Gasteiger partial charge in [-0.05, 0) is 37.6 Å². The molecule has 2 rings (SSSR count). The van der Waals surface area contributed by atoms with Crippen molar-refractivity contribution in [1.82, 2.24) is 0 Å². The fourth-order valence-corrected chi connectivity index (χ4v) is 3.59. The third kappa shape index (κ3) is 4.98. The molecule has 2 atom stereocenters. The van der Waals surface area contributed by atoms with Crippen LogP contribution in [0.3, 0.4) is 0 Å². The molecular formula is C18H25N2O5S+. The van der Waals surface area contributed by atoms with Gasteiger partial charge in [-0.1, -0.05) is 6.92 Å². The van der Waals surface area contributed by atoms with Crippen LogP contribution in [-0.2, 0) is 19.1 Å². The second-order valence-corrected chi connectivity index (χ2v) is 7.12. The zero-order chi connectivity index (χ0) is 19.1. The van der Waals surface area contributed by atoms with Crippen molar-refractivity contribution in [3.05, 3.63) is 24.3 Å². The van der Waals surface area contributed by atoms with Gasteiger partial charge in [-0.2, -0.15) is 0 Å². The van der Waals surface area contributed by atoms with Gasteiger partial charge in [0.15, 0.2) is 6.04 Å². The average Bonchev–Trinajstić information content (AvgIpc) is 2.92. The zero-order valence-electron chi connectivity index (χ0n) is 15.1. The van der Waals surface area contributed by atoms with Crippen LogP contribution in [0.2, 0.25) is 0 Å². The number of esters is 1. The Hall–Kier alpha value is -2.06. The lowest BCUT2D eigenvalue weighted by atomic mass is 10.3. The lowest BCUT2D eigenvalue weighted by Gasteiger charge is -2.16. The van der Waals surface area contributed by atoms with E-state index in [1.807, 2.05) is 6.92 Å². The summed E-state index contributed by atoms with van der Waals surface area (Å²) in [7, 11) is 0. The number of ether oxygens (including phenoxy) is 2. The van der Waals surface area contributed by atoms with Crippen molar-refractivity contribution >= 4 is 35.2 Å². The monoisotopic (exact) mass is 381 g/mol. The summed E-state index contributed by atoms with van der Waals surface area (Å²) < 4.78 is 10.4. The van der Waals surface area contributed by atoms with Gasteiger partial charge in [-0.15, -0.1) is 11.8 Å². The molecule has 1 saturated heterocycles. The number of quaternary nitrogens is 1. The van der Waals surface area contributed by atoms with Crippen molar-refractivity contribution in [3.8, 4) is 5.75 Å². The van der Waals surface area contributed by atoms with Crippen LogP contribution in [0.25, 0.3) is 0 Å². The minimum absolute atomic E-state index is 0.118. The van der Waals surface area contributed by atoms with Crippen molar-refractivity contribution < 1.29 is 29.6 Å². The molecule has 7 nitrogen and oxygen atoms in total. The molecule has 26 heavy (non-hydrogen) atoms. The Bertz CT molecular complexity index is 649. The van der Waals surface area contributed by atoms with Gasteiger partial charge >= 0.3 is 5.97 Å². The zero-order valence-corrected chi connectivity index (χ0v) is 15.9. The SMILES string of the molecule is CCCOc1ccc(N2C(=O)C[C@@H](SC[C@@H]([NH3+])C(=O)OCC)C2=O)cc1. The molecule has 1 aromatic rings. The van der Waals surface area contributed by atoms with Crippen LogP contribution in [0.4, 0.5) is 5.69 Å². The summed E-state index contributed by atoms with van der Waals surface area (Å²) in [5, 5.41) is -0.503. The third-order valence-electron chi connectivity index (χ3n) is 3.79. The first-order valence-corrected chi connectivity index (χ1v) is 9.73. The van der Waals surface area contributed by atoms with E-state index < -0.39 is 17.3 Å². The molecule has 142 valence electrons. The number of hydrogen-bond donors (Lipinski definition) is 1. The highest BCUT2D eigenvalue weighted by Crippen LogP contribution is 2.30. The number of amides is 2. The minimum atomic E-state index is -0.563. The highest BCUT2D eigenvalue weighted by Gasteiger charge is 2.40. The first-order chi connectivity index (χ1) is 12.5. The van der Waals surface area contributed by atoms with Gasteiger partial charge in [0.2, 0.25) is 11.8 Å². The predicted molar refractivity (Wildman–Crippen MR) is 98.9 cm³/mol. The van der Waals surface area contributed by atoms with Crippen molar-refractivity contribution in [3.63, 3.8) is 0 Å². The standard InChI is InChI=1S/C18H24N2O5S/c1-3-9-25-13-7-5-12(6-8-13)20-16(21)10-15(17(20)22)26-11-14(19)18(23)24-4-2/h5-8,14-15H,3-4,9-11,19H2,1-2H3/p+1/t14-,15-/m1/s1. The Morgan fingerprint density at radius 2 is 2.00 bits per heavy atom. The molecule has 8 heteroatoms. The fourth-order valence-electron chi connectivity index (χ4n) is 2.48. The molecule has 2 amide bonds. The number of nitrogens with zero attached hydrogens (tertiary/aromatic N) is 1. The maximum atomic E-state index is 12.6. The quantitative estimate of drug-likeness (QED) is 0.506. The molecule has 0 aliphatic carbocycles. The van der Waals surface area contributed by atoms with E-state index in [-0.39, 0.29) is 18.2 Å². The maximum Gasteiger partial charge on any atom is 0.365 e. The summed E-state index contributed by atoms with van der Waals surface area (Å²) >= 11 is 1.27. The third-order valence-corrected chi connectivity index (χ3v) is 5.16. The van der Waals surface area contributed by atoms with Crippen LogP contribution < -0.4 is 15.4 Å². The fraction of sp³-hybridized carbons (Fsp3) is 0.500. The van der Waals surface area contributed by atoms with E-state index in [9.17, 15) is 14.4 Å². The summed E-state index contributed by atoms with van der Waals surface area (Å²) in [6, 6.07) is 6.34. The van der Waals surface area contributed by atoms with Crippen LogP contribution in [0, 0.1) is 0 Å². The second-order valence-electron chi connectivity index (χ2n) is 5.88. The van der Waals surface area contributed by atoms with Crippen LogP contribution in [0.5, 0.6) is 5.75 Å². The van der Waals surface area contributed by atoms with Crippen molar-refractivity contribution in [2.75, 3.05) is 23.9 Å². The van der Waals surface area contributed by atoms with E-state index in [4.69, 9.17) is 9.47 Å². The number of rotatable bonds is 9. The molecule has 1 aliphatic heterocycles. The number of benzene rings is 1. The lowest BCUT2D eigenvalue weighted by Crippen LogP contribution is -2.66. The van der Waals surface area contributed by atoms with Crippen LogP contribution >= 0.6 is 11.8 Å². The highest BCUT2D eigenvalue weighted by atomic mass is 32.2. The summed E-state index contributed by atoms with van der Waals surface area (Å²) in [6.07, 6.45) is 1.02. The van der Waals surface area contributed by atoms with Crippen molar-refractivity contribution in [2.24, 2.45) is 0 Å². The number of anilines is 1. The number of thioether (sulfide) groups is 1. The van der Waals surface area contributed by atoms with Gasteiger partial charge in [0.1, 0.15) is 5.75 Å². The van der Waals surface area contributed by atoms with E-state index in [1.54, 1.807) is 31.2 Å². The topological polar surface area (TPSA) is 101 Å². The van der Waals surface area contributed by atoms with Crippen LogP contribution in [-0.4, -0.2) is 48.0 Å². The van der Waals surface area contributed by atoms with E-state index >= 15 is 0 Å². The molecule has 0 unspecified atom stereocenters. The predicted octanol–water partition coefficient (Wildman–Crippen LogP) is 1.01. The summed E-state index contributed by atoms with van der Waals surface area (Å²) in [5.74, 6) is 0.135. The molecule has 1 heterocycles. The van der Waals surface area contributed by atoms with Gasteiger partial charge < -0.3 is 15.2 Å². The summed E-state index contributed by atoms with van der Waals surface area (Å²) in [6.45, 7) is 4.66. The molecule has 0 bridgehead atoms. The number of carbonyl (C=O) groups excluding carboxylic acids is 3. The van der Waals surface area contributed by atoms with Gasteiger partial charge in [0, 0.05) is 6.42 Å². The van der Waals surface area contributed by atoms with E-state index in [0.717, 1.165) is 6.42 Å².